The highest BCUT2D eigenvalue weighted by molar-refractivity contribution is 7.00. The van der Waals surface area contributed by atoms with Crippen LogP contribution in [-0.4, -0.2) is 12.3 Å². The van der Waals surface area contributed by atoms with Crippen molar-refractivity contribution < 1.29 is 0 Å². The van der Waals surface area contributed by atoms with Crippen molar-refractivity contribution in [2.24, 2.45) is 0 Å². The molecule has 9 aromatic carbocycles. The van der Waals surface area contributed by atoms with Gasteiger partial charge in [0.2, 0.25) is 0 Å². The lowest BCUT2D eigenvalue weighted by Gasteiger charge is -2.53. The van der Waals surface area contributed by atoms with Crippen molar-refractivity contribution in [3.63, 3.8) is 0 Å². The average Bonchev–Trinajstić information content (AvgIpc) is 1.53. The van der Waals surface area contributed by atoms with Crippen molar-refractivity contribution in [3.05, 3.63) is 244 Å². The zero-order valence-electron chi connectivity index (χ0n) is 54.6. The monoisotopic (exact) mass is 1140 g/mol. The van der Waals surface area contributed by atoms with Gasteiger partial charge in [-0.15, -0.1) is 0 Å². The van der Waals surface area contributed by atoms with Crippen LogP contribution in [0.25, 0.3) is 11.1 Å². The minimum atomic E-state index is -0.373. The summed E-state index contributed by atoms with van der Waals surface area (Å²) in [6.07, 6.45) is 6.48. The Labute approximate surface area is 521 Å². The van der Waals surface area contributed by atoms with Crippen LogP contribution in [0.1, 0.15) is 185 Å². The van der Waals surface area contributed by atoms with E-state index in [4.69, 9.17) is 0 Å². The fraction of sp³-hybridized carbons (Fsp3) is 0.349. The number of anilines is 8. The van der Waals surface area contributed by atoms with Crippen LogP contribution in [0, 0.1) is 0 Å². The van der Waals surface area contributed by atoms with Gasteiger partial charge in [0.05, 0.1) is 11.2 Å². The molecule has 0 saturated carbocycles. The van der Waals surface area contributed by atoms with E-state index < -0.39 is 0 Å². The van der Waals surface area contributed by atoms with Gasteiger partial charge >= 0.3 is 0 Å². The van der Waals surface area contributed by atoms with Crippen LogP contribution in [0.2, 0.25) is 0 Å². The molecule has 438 valence electrons. The van der Waals surface area contributed by atoms with Crippen molar-refractivity contribution in [2.75, 3.05) is 14.7 Å². The Hall–Kier alpha value is -7.56. The highest BCUT2D eigenvalue weighted by Crippen LogP contribution is 2.63. The van der Waals surface area contributed by atoms with Crippen LogP contribution in [0.4, 0.5) is 45.5 Å². The fourth-order valence-electron chi connectivity index (χ4n) is 17.5. The molecule has 2 unspecified atom stereocenters. The number of nitrogens with zero attached hydrogens (tertiary/aromatic N) is 3. The van der Waals surface area contributed by atoms with E-state index in [2.05, 4.69) is 307 Å². The lowest BCUT2D eigenvalue weighted by atomic mass is 9.33. The van der Waals surface area contributed by atoms with Crippen molar-refractivity contribution in [3.8, 4) is 11.1 Å². The maximum atomic E-state index is 2.80. The molecule has 3 aliphatic heterocycles. The zero-order valence-corrected chi connectivity index (χ0v) is 54.6. The molecule has 2 atom stereocenters. The topological polar surface area (TPSA) is 9.72 Å². The molecule has 0 fully saturated rings. The molecular formula is C83H88BN3. The summed E-state index contributed by atoms with van der Waals surface area (Å²) in [7, 11) is 0. The van der Waals surface area contributed by atoms with Crippen LogP contribution >= 0.6 is 0 Å². The molecule has 4 heteroatoms. The van der Waals surface area contributed by atoms with Crippen molar-refractivity contribution >= 4 is 68.6 Å². The standard InChI is InChI=1S/C83H88BN3/c1-76(2,3)57-34-39-69(61(44-57)53-26-18-16-19-27-53)86-71-48-60(87-70-33-25-24-32-63(70)83(56-30-20-17-21-31-56)52-55-29-23-22-28-54(55)51-82(83,87)15)36-38-67(71)84-68-49-65-66(81(13,14)43-42-80(65,11)12)50-72(68)85(73-45-58(77(4,5)6)46-74(86)75(73)84)59-35-37-62-64(47-59)79(9,10)41-40-78(62,7)8/h16-39,44-50H,40-43,51-52H2,1-15H3. The third kappa shape index (κ3) is 8.20. The lowest BCUT2D eigenvalue weighted by Crippen LogP contribution is -2.62. The Morgan fingerprint density at radius 3 is 1.56 bits per heavy atom. The lowest BCUT2D eigenvalue weighted by molar-refractivity contribution is 0.281. The molecule has 3 aliphatic carbocycles. The number of fused-ring (bicyclic) bond motifs is 10. The van der Waals surface area contributed by atoms with Crippen LogP contribution in [-0.2, 0) is 50.7 Å². The third-order valence-corrected chi connectivity index (χ3v) is 22.8. The third-order valence-electron chi connectivity index (χ3n) is 22.8. The van der Waals surface area contributed by atoms with E-state index in [1.54, 1.807) is 0 Å². The van der Waals surface area contributed by atoms with Crippen molar-refractivity contribution in [1.82, 2.24) is 0 Å². The maximum absolute atomic E-state index is 2.80. The summed E-state index contributed by atoms with van der Waals surface area (Å²) >= 11 is 0. The van der Waals surface area contributed by atoms with Gasteiger partial charge in [0.15, 0.2) is 0 Å². The van der Waals surface area contributed by atoms with Gasteiger partial charge in [-0.2, -0.15) is 0 Å². The smallest absolute Gasteiger partial charge is 0.252 e. The quantitative estimate of drug-likeness (QED) is 0.159. The van der Waals surface area contributed by atoms with Crippen LogP contribution in [0.5, 0.6) is 0 Å². The molecule has 0 bridgehead atoms. The van der Waals surface area contributed by atoms with Gasteiger partial charge in [-0.1, -0.05) is 224 Å². The SMILES string of the molecule is CC(C)(C)c1ccc(N2c3cc(N4c5ccccc5C5(c6ccccc6)Cc6ccccc6CC45C)ccc3B3c4cc5c(cc4N(c4ccc6c(c4)C(C)(C)CCC6(C)C)c4cc(C(C)(C)C)cc2c43)C(C)(C)CCC5(C)C)c(-c2ccccc2)c1. The molecule has 15 rings (SSSR count). The van der Waals surface area contributed by atoms with Gasteiger partial charge in [0.1, 0.15) is 0 Å². The number of benzene rings is 9. The summed E-state index contributed by atoms with van der Waals surface area (Å²) in [6.45, 7) is 36.8. The summed E-state index contributed by atoms with van der Waals surface area (Å²) in [5.74, 6) is 0. The molecule has 0 saturated heterocycles. The Balaban J connectivity index is 1.07. The second-order valence-electron chi connectivity index (χ2n) is 32.1. The summed E-state index contributed by atoms with van der Waals surface area (Å²) in [4.78, 5) is 8.30. The van der Waals surface area contributed by atoms with Crippen molar-refractivity contribution in [1.29, 1.82) is 0 Å². The van der Waals surface area contributed by atoms with Gasteiger partial charge in [0.25, 0.3) is 6.71 Å². The van der Waals surface area contributed by atoms with E-state index in [1.807, 2.05) is 0 Å². The van der Waals surface area contributed by atoms with Crippen molar-refractivity contribution in [2.45, 2.75) is 186 Å². The molecule has 6 aliphatic rings. The molecule has 0 amide bonds. The Morgan fingerprint density at radius 1 is 0.368 bits per heavy atom. The largest absolute Gasteiger partial charge is 0.334 e. The summed E-state index contributed by atoms with van der Waals surface area (Å²) in [6, 6.07) is 74.9. The predicted octanol–water partition coefficient (Wildman–Crippen LogP) is 19.7. The average molecular weight is 1140 g/mol. The first-order valence-electron chi connectivity index (χ1n) is 32.7. The van der Waals surface area contributed by atoms with Crippen LogP contribution in [0.3, 0.4) is 0 Å². The number of hydrogen-bond donors (Lipinski definition) is 0. The summed E-state index contributed by atoms with van der Waals surface area (Å²) < 4.78 is 0. The minimum Gasteiger partial charge on any atom is -0.334 e. The summed E-state index contributed by atoms with van der Waals surface area (Å²) in [5.41, 5.74) is 30.1. The molecule has 0 spiro atoms. The van der Waals surface area contributed by atoms with E-state index >= 15 is 0 Å². The molecule has 9 aromatic rings. The number of rotatable bonds is 5. The Kier molecular flexibility index (Phi) is 12.1. The normalized spacial score (nSPS) is 21.4. The molecule has 3 nitrogen and oxygen atoms in total. The number of para-hydroxylation sites is 1. The summed E-state index contributed by atoms with van der Waals surface area (Å²) in [5, 5.41) is 0. The number of hydrogen-bond acceptors (Lipinski definition) is 3. The molecule has 0 N–H and O–H groups in total. The first-order valence-corrected chi connectivity index (χ1v) is 32.7. The molecule has 0 radical (unpaired) electrons. The van der Waals surface area contributed by atoms with Gasteiger partial charge in [0, 0.05) is 50.8 Å². The predicted molar refractivity (Wildman–Crippen MR) is 372 cm³/mol. The van der Waals surface area contributed by atoms with Gasteiger partial charge < -0.3 is 14.7 Å². The van der Waals surface area contributed by atoms with Gasteiger partial charge in [-0.05, 0) is 216 Å². The fourth-order valence-corrected chi connectivity index (χ4v) is 17.5. The second kappa shape index (κ2) is 18.7. The molecule has 87 heavy (non-hydrogen) atoms. The van der Waals surface area contributed by atoms with Crippen LogP contribution < -0.4 is 31.1 Å². The maximum Gasteiger partial charge on any atom is 0.252 e. The minimum absolute atomic E-state index is 0.000565. The molecule has 0 aromatic heterocycles. The van der Waals surface area contributed by atoms with E-state index in [0.717, 1.165) is 32.1 Å². The first kappa shape index (κ1) is 56.0. The second-order valence-corrected chi connectivity index (χ2v) is 32.1. The zero-order chi connectivity index (χ0) is 60.8. The Bertz CT molecular complexity index is 4300. The van der Waals surface area contributed by atoms with E-state index in [-0.39, 0.29) is 50.2 Å². The molecular weight excluding hydrogens is 1050 g/mol. The highest BCUT2D eigenvalue weighted by Gasteiger charge is 2.62. The van der Waals surface area contributed by atoms with E-state index in [0.29, 0.717) is 0 Å². The van der Waals surface area contributed by atoms with Gasteiger partial charge in [-0.3, -0.25) is 0 Å². The van der Waals surface area contributed by atoms with E-state index in [9.17, 15) is 0 Å². The highest BCUT2D eigenvalue weighted by atomic mass is 15.3. The first-order chi connectivity index (χ1) is 41.2. The van der Waals surface area contributed by atoms with E-state index in [1.165, 1.54) is 135 Å². The van der Waals surface area contributed by atoms with Gasteiger partial charge in [-0.25, -0.2) is 0 Å². The molecule has 3 heterocycles. The Morgan fingerprint density at radius 2 is 0.908 bits per heavy atom. The van der Waals surface area contributed by atoms with Crippen LogP contribution in [0.15, 0.2) is 188 Å².